The molecule has 3 aromatic carbocycles. The molecule has 0 aromatic heterocycles. The van der Waals surface area contributed by atoms with Crippen molar-refractivity contribution in [3.63, 3.8) is 0 Å². The van der Waals surface area contributed by atoms with Gasteiger partial charge in [-0.1, -0.05) is 65.2 Å². The van der Waals surface area contributed by atoms with Gasteiger partial charge >= 0.3 is 0 Å². The molecule has 1 aliphatic heterocycles. The number of carbonyl (C=O) groups excluding carboxylic acids is 1. The second-order valence-electron chi connectivity index (χ2n) is 6.89. The van der Waals surface area contributed by atoms with Gasteiger partial charge < -0.3 is 10.1 Å². The summed E-state index contributed by atoms with van der Waals surface area (Å²) in [5.74, 6) is 0.480. The van der Waals surface area contributed by atoms with E-state index in [4.69, 9.17) is 27.9 Å². The number of nitrogens with one attached hydrogen (secondary N) is 1. The lowest BCUT2D eigenvalue weighted by Gasteiger charge is -2.10. The molecule has 4 rings (SSSR count). The van der Waals surface area contributed by atoms with E-state index < -0.39 is 0 Å². The second-order valence-corrected chi connectivity index (χ2v) is 8.74. The molecule has 0 spiro atoms. The summed E-state index contributed by atoms with van der Waals surface area (Å²) in [6.07, 6.45) is 1.81. The zero-order chi connectivity index (χ0) is 21.8. The van der Waals surface area contributed by atoms with Crippen LogP contribution >= 0.6 is 35.0 Å². The number of amidine groups is 1. The van der Waals surface area contributed by atoms with Crippen LogP contribution in [0.2, 0.25) is 10.0 Å². The SMILES string of the molecule is Cc1ccc(N=C2NC(=O)/C(=C\c3ccccc3OCc3ccc(Cl)c(Cl)c3)S2)cc1. The van der Waals surface area contributed by atoms with Crippen molar-refractivity contribution in [2.75, 3.05) is 0 Å². The van der Waals surface area contributed by atoms with Crippen LogP contribution in [0, 0.1) is 6.92 Å². The Bertz CT molecular complexity index is 1190. The molecular weight excluding hydrogens is 451 g/mol. The number of hydrogen-bond acceptors (Lipinski definition) is 4. The van der Waals surface area contributed by atoms with E-state index in [9.17, 15) is 4.79 Å². The lowest BCUT2D eigenvalue weighted by molar-refractivity contribution is -0.115. The third-order valence-corrected chi connectivity index (χ3v) is 6.15. The molecule has 4 nitrogen and oxygen atoms in total. The van der Waals surface area contributed by atoms with Crippen molar-refractivity contribution in [1.82, 2.24) is 5.32 Å². The number of halogens is 2. The largest absolute Gasteiger partial charge is 0.488 e. The lowest BCUT2D eigenvalue weighted by Crippen LogP contribution is -2.19. The van der Waals surface area contributed by atoms with Crippen molar-refractivity contribution >= 4 is 57.8 Å². The summed E-state index contributed by atoms with van der Waals surface area (Å²) in [6, 6.07) is 20.7. The zero-order valence-corrected chi connectivity index (χ0v) is 18.9. The Hall–Kier alpha value is -2.73. The molecule has 31 heavy (non-hydrogen) atoms. The van der Waals surface area contributed by atoms with Gasteiger partial charge in [0.1, 0.15) is 12.4 Å². The molecule has 1 aliphatic rings. The number of carbonyl (C=O) groups is 1. The van der Waals surface area contributed by atoms with Gasteiger partial charge in [-0.2, -0.15) is 0 Å². The average Bonchev–Trinajstić information content (AvgIpc) is 3.10. The Labute approximate surface area is 194 Å². The molecule has 0 radical (unpaired) electrons. The molecule has 0 atom stereocenters. The van der Waals surface area contributed by atoms with Crippen LogP contribution in [0.4, 0.5) is 5.69 Å². The minimum atomic E-state index is -0.185. The average molecular weight is 469 g/mol. The summed E-state index contributed by atoms with van der Waals surface area (Å²) in [5, 5.41) is 4.35. The maximum atomic E-state index is 12.4. The van der Waals surface area contributed by atoms with Gasteiger partial charge in [0.2, 0.25) is 0 Å². The fourth-order valence-electron chi connectivity index (χ4n) is 2.88. The normalized spacial score (nSPS) is 16.0. The molecule has 7 heteroatoms. The van der Waals surface area contributed by atoms with Crippen molar-refractivity contribution in [2.24, 2.45) is 4.99 Å². The van der Waals surface area contributed by atoms with Crippen molar-refractivity contribution in [1.29, 1.82) is 0 Å². The summed E-state index contributed by atoms with van der Waals surface area (Å²) in [5.41, 5.74) is 3.65. The topological polar surface area (TPSA) is 50.7 Å². The van der Waals surface area contributed by atoms with E-state index in [0.29, 0.717) is 32.5 Å². The summed E-state index contributed by atoms with van der Waals surface area (Å²) in [7, 11) is 0. The van der Waals surface area contributed by atoms with Crippen LogP contribution in [0.3, 0.4) is 0 Å². The number of thioether (sulfide) groups is 1. The Morgan fingerprint density at radius 2 is 1.81 bits per heavy atom. The molecule has 1 saturated heterocycles. The standard InChI is InChI=1S/C24H18Cl2N2O2S/c1-15-6-9-18(10-7-15)27-24-28-23(29)22(31-24)13-17-4-2-3-5-21(17)30-14-16-8-11-19(25)20(26)12-16/h2-13H,14H2,1H3,(H,27,28,29)/b22-13+. The number of benzene rings is 3. The highest BCUT2D eigenvalue weighted by atomic mass is 35.5. The fraction of sp³-hybridized carbons (Fsp3) is 0.0833. The van der Waals surface area contributed by atoms with Crippen molar-refractivity contribution in [3.05, 3.63) is 98.4 Å². The molecule has 1 N–H and O–H groups in total. The van der Waals surface area contributed by atoms with E-state index in [0.717, 1.165) is 22.4 Å². The van der Waals surface area contributed by atoms with Gasteiger partial charge in [-0.25, -0.2) is 4.99 Å². The summed E-state index contributed by atoms with van der Waals surface area (Å²) in [6.45, 7) is 2.35. The molecule has 1 heterocycles. The van der Waals surface area contributed by atoms with E-state index in [1.807, 2.05) is 67.6 Å². The van der Waals surface area contributed by atoms with E-state index in [1.54, 1.807) is 12.1 Å². The molecule has 0 saturated carbocycles. The number of nitrogens with zero attached hydrogens (tertiary/aromatic N) is 1. The fourth-order valence-corrected chi connectivity index (χ4v) is 4.03. The van der Waals surface area contributed by atoms with Crippen LogP contribution in [0.25, 0.3) is 6.08 Å². The summed E-state index contributed by atoms with van der Waals surface area (Å²) in [4.78, 5) is 17.5. The van der Waals surface area contributed by atoms with E-state index >= 15 is 0 Å². The van der Waals surface area contributed by atoms with Crippen LogP contribution in [0.5, 0.6) is 5.75 Å². The van der Waals surface area contributed by atoms with Gasteiger partial charge in [0.25, 0.3) is 5.91 Å². The quantitative estimate of drug-likeness (QED) is 0.420. The predicted molar refractivity (Wildman–Crippen MR) is 129 cm³/mol. The van der Waals surface area contributed by atoms with Gasteiger partial charge in [0.15, 0.2) is 5.17 Å². The van der Waals surface area contributed by atoms with E-state index in [2.05, 4.69) is 10.3 Å². The number of rotatable bonds is 5. The minimum absolute atomic E-state index is 0.185. The van der Waals surface area contributed by atoms with Crippen molar-refractivity contribution in [2.45, 2.75) is 13.5 Å². The number of aliphatic imine (C=N–C) groups is 1. The maximum absolute atomic E-state index is 12.4. The van der Waals surface area contributed by atoms with Gasteiger partial charge in [-0.3, -0.25) is 4.79 Å². The zero-order valence-electron chi connectivity index (χ0n) is 16.6. The number of ether oxygens (including phenoxy) is 1. The number of para-hydroxylation sites is 1. The van der Waals surface area contributed by atoms with E-state index in [1.165, 1.54) is 11.8 Å². The third kappa shape index (κ3) is 5.50. The molecular formula is C24H18Cl2N2O2S. The second kappa shape index (κ2) is 9.60. The summed E-state index contributed by atoms with van der Waals surface area (Å²) >= 11 is 13.4. The van der Waals surface area contributed by atoms with Gasteiger partial charge in [0.05, 0.1) is 20.6 Å². The number of aryl methyl sites for hydroxylation is 1. The lowest BCUT2D eigenvalue weighted by atomic mass is 10.2. The first kappa shape index (κ1) is 21.5. The number of hydrogen-bond donors (Lipinski definition) is 1. The van der Waals surface area contributed by atoms with Crippen molar-refractivity contribution in [3.8, 4) is 5.75 Å². The van der Waals surface area contributed by atoms with E-state index in [-0.39, 0.29) is 5.91 Å². The highest BCUT2D eigenvalue weighted by molar-refractivity contribution is 8.18. The predicted octanol–water partition coefficient (Wildman–Crippen LogP) is 6.77. The van der Waals surface area contributed by atoms with Crippen molar-refractivity contribution < 1.29 is 9.53 Å². The first-order valence-corrected chi connectivity index (χ1v) is 11.1. The minimum Gasteiger partial charge on any atom is -0.488 e. The van der Waals surface area contributed by atoms with Crippen LogP contribution in [-0.4, -0.2) is 11.1 Å². The Morgan fingerprint density at radius 1 is 1.03 bits per heavy atom. The van der Waals surface area contributed by atoms with Gasteiger partial charge in [-0.05, 0) is 60.7 Å². The van der Waals surface area contributed by atoms with Crippen LogP contribution in [0.1, 0.15) is 16.7 Å². The first-order chi connectivity index (χ1) is 15.0. The third-order valence-electron chi connectivity index (χ3n) is 4.50. The molecule has 0 unspecified atom stereocenters. The number of amides is 1. The van der Waals surface area contributed by atoms with Crippen LogP contribution < -0.4 is 10.1 Å². The highest BCUT2D eigenvalue weighted by Crippen LogP contribution is 2.31. The van der Waals surface area contributed by atoms with Gasteiger partial charge in [0, 0.05) is 5.56 Å². The van der Waals surface area contributed by atoms with Crippen LogP contribution in [0.15, 0.2) is 76.6 Å². The Balaban J connectivity index is 1.51. The summed E-state index contributed by atoms with van der Waals surface area (Å²) < 4.78 is 5.98. The molecule has 156 valence electrons. The maximum Gasteiger partial charge on any atom is 0.264 e. The highest BCUT2D eigenvalue weighted by Gasteiger charge is 2.24. The Kier molecular flexibility index (Phi) is 6.66. The molecule has 3 aromatic rings. The first-order valence-electron chi connectivity index (χ1n) is 9.50. The van der Waals surface area contributed by atoms with Crippen LogP contribution in [-0.2, 0) is 11.4 Å². The molecule has 1 fully saturated rings. The smallest absolute Gasteiger partial charge is 0.264 e. The molecule has 1 amide bonds. The monoisotopic (exact) mass is 468 g/mol. The molecule has 0 aliphatic carbocycles. The van der Waals surface area contributed by atoms with Gasteiger partial charge in [-0.15, -0.1) is 0 Å². The molecule has 0 bridgehead atoms. The Morgan fingerprint density at radius 3 is 2.58 bits per heavy atom.